The van der Waals surface area contributed by atoms with Crippen molar-refractivity contribution in [3.63, 3.8) is 0 Å². The third kappa shape index (κ3) is 3.33. The molecule has 2 atom stereocenters. The Kier molecular flexibility index (Phi) is 4.57. The van der Waals surface area contributed by atoms with E-state index in [1.165, 1.54) is 17.7 Å². The Morgan fingerprint density at radius 2 is 2.00 bits per heavy atom. The van der Waals surface area contributed by atoms with Gasteiger partial charge in [0.2, 0.25) is 5.91 Å². The highest BCUT2D eigenvalue weighted by atomic mass is 32.1. The number of nitrogens with one attached hydrogen (secondary N) is 1. The number of amides is 1. The van der Waals surface area contributed by atoms with Crippen LogP contribution >= 0.6 is 11.3 Å². The smallest absolute Gasteiger partial charge is 0.339 e. The summed E-state index contributed by atoms with van der Waals surface area (Å²) in [7, 11) is 0. The predicted molar refractivity (Wildman–Crippen MR) is 96.4 cm³/mol. The average molecular weight is 355 g/mol. The van der Waals surface area contributed by atoms with Crippen LogP contribution in [-0.4, -0.2) is 11.9 Å². The second kappa shape index (κ2) is 7.00. The molecule has 0 saturated heterocycles. The predicted octanol–water partition coefficient (Wildman–Crippen LogP) is 4.40. The first kappa shape index (κ1) is 16.3. The fourth-order valence-corrected chi connectivity index (χ4v) is 4.82. The largest absolute Gasteiger partial charge is 0.453 e. The molecule has 0 bridgehead atoms. The van der Waals surface area contributed by atoms with Crippen molar-refractivity contribution >= 4 is 23.2 Å². The molecule has 25 heavy (non-hydrogen) atoms. The molecule has 1 aromatic carbocycles. The molecule has 5 heteroatoms. The van der Waals surface area contributed by atoms with Crippen LogP contribution in [-0.2, 0) is 9.53 Å². The number of hydrogen-bond acceptors (Lipinski definition) is 4. The van der Waals surface area contributed by atoms with Crippen LogP contribution < -0.4 is 5.32 Å². The van der Waals surface area contributed by atoms with Crippen molar-refractivity contribution in [3.8, 4) is 0 Å². The fourth-order valence-electron chi connectivity index (χ4n) is 3.95. The molecule has 1 aliphatic heterocycles. The number of cyclic esters (lactones) is 1. The lowest BCUT2D eigenvalue weighted by molar-refractivity contribution is -0.124. The van der Waals surface area contributed by atoms with Crippen molar-refractivity contribution in [2.24, 2.45) is 5.92 Å². The van der Waals surface area contributed by atoms with Gasteiger partial charge in [-0.25, -0.2) is 4.79 Å². The van der Waals surface area contributed by atoms with Crippen molar-refractivity contribution < 1.29 is 14.3 Å². The molecule has 1 amide bonds. The maximum absolute atomic E-state index is 12.7. The highest BCUT2D eigenvalue weighted by molar-refractivity contribution is 7.10. The molecule has 2 aromatic rings. The van der Waals surface area contributed by atoms with E-state index < -0.39 is 6.10 Å². The summed E-state index contributed by atoms with van der Waals surface area (Å²) >= 11 is 1.69. The molecule has 1 N–H and O–H groups in total. The summed E-state index contributed by atoms with van der Waals surface area (Å²) in [6.07, 6.45) is 4.48. The first-order chi connectivity index (χ1) is 12.2. The van der Waals surface area contributed by atoms with Gasteiger partial charge in [-0.05, 0) is 36.3 Å². The quantitative estimate of drug-likeness (QED) is 0.809. The Morgan fingerprint density at radius 3 is 2.76 bits per heavy atom. The van der Waals surface area contributed by atoms with Gasteiger partial charge in [0.15, 0.2) is 0 Å². The minimum Gasteiger partial charge on any atom is -0.453 e. The first-order valence-corrected chi connectivity index (χ1v) is 9.73. The summed E-state index contributed by atoms with van der Waals surface area (Å²) in [4.78, 5) is 25.8. The van der Waals surface area contributed by atoms with Crippen LogP contribution in [0.1, 0.15) is 65.0 Å². The van der Waals surface area contributed by atoms with Gasteiger partial charge >= 0.3 is 5.97 Å². The third-order valence-electron chi connectivity index (χ3n) is 5.19. The topological polar surface area (TPSA) is 55.4 Å². The van der Waals surface area contributed by atoms with E-state index in [1.807, 2.05) is 24.3 Å². The van der Waals surface area contributed by atoms with E-state index >= 15 is 0 Å². The zero-order valence-electron chi connectivity index (χ0n) is 13.9. The number of hydrogen-bond donors (Lipinski definition) is 1. The Morgan fingerprint density at radius 1 is 1.20 bits per heavy atom. The minimum absolute atomic E-state index is 0.0557. The Labute approximate surface area is 151 Å². The van der Waals surface area contributed by atoms with Crippen molar-refractivity contribution in [2.45, 2.75) is 44.2 Å². The summed E-state index contributed by atoms with van der Waals surface area (Å²) < 4.78 is 5.40. The number of ether oxygens (including phenoxy) is 1. The molecule has 0 unspecified atom stereocenters. The lowest BCUT2D eigenvalue weighted by Crippen LogP contribution is -2.33. The number of esters is 1. The van der Waals surface area contributed by atoms with Gasteiger partial charge in [0, 0.05) is 10.4 Å². The Balaban J connectivity index is 1.47. The molecule has 0 spiro atoms. The van der Waals surface area contributed by atoms with Crippen LogP contribution in [0.4, 0.5) is 0 Å². The lowest BCUT2D eigenvalue weighted by atomic mass is 9.96. The van der Waals surface area contributed by atoms with Crippen molar-refractivity contribution in [1.82, 2.24) is 5.32 Å². The van der Waals surface area contributed by atoms with E-state index in [4.69, 9.17) is 4.74 Å². The van der Waals surface area contributed by atoms with Gasteiger partial charge in [-0.1, -0.05) is 37.1 Å². The molecule has 130 valence electrons. The molecule has 4 rings (SSSR count). The maximum atomic E-state index is 12.7. The first-order valence-electron chi connectivity index (χ1n) is 8.85. The zero-order chi connectivity index (χ0) is 17.2. The normalized spacial score (nSPS) is 21.0. The summed E-state index contributed by atoms with van der Waals surface area (Å²) in [5.74, 6) is 0.111. The van der Waals surface area contributed by atoms with E-state index in [9.17, 15) is 9.59 Å². The summed E-state index contributed by atoms with van der Waals surface area (Å²) in [6, 6.07) is 11.5. The third-order valence-corrected chi connectivity index (χ3v) is 6.14. The molecular formula is C20H21NO3S. The van der Waals surface area contributed by atoms with E-state index in [2.05, 4.69) is 16.8 Å². The van der Waals surface area contributed by atoms with Crippen molar-refractivity contribution in [3.05, 3.63) is 57.8 Å². The van der Waals surface area contributed by atoms with E-state index in [0.29, 0.717) is 11.5 Å². The van der Waals surface area contributed by atoms with Gasteiger partial charge in [-0.3, -0.25) is 4.79 Å². The summed E-state index contributed by atoms with van der Waals surface area (Å²) in [5.41, 5.74) is 1.39. The molecule has 1 aliphatic carbocycles. The van der Waals surface area contributed by atoms with Gasteiger partial charge in [0.05, 0.1) is 18.0 Å². The number of rotatable bonds is 5. The Hall–Kier alpha value is -2.14. The number of thiophene rings is 1. The van der Waals surface area contributed by atoms with Gasteiger partial charge in [0.1, 0.15) is 6.10 Å². The van der Waals surface area contributed by atoms with E-state index in [0.717, 1.165) is 18.4 Å². The van der Waals surface area contributed by atoms with Gasteiger partial charge in [0.25, 0.3) is 0 Å². The van der Waals surface area contributed by atoms with Crippen molar-refractivity contribution in [1.29, 1.82) is 0 Å². The Bertz CT molecular complexity index is 765. The molecule has 0 radical (unpaired) electrons. The highest BCUT2D eigenvalue weighted by Gasteiger charge is 2.34. The van der Waals surface area contributed by atoms with Gasteiger partial charge < -0.3 is 10.1 Å². The minimum atomic E-state index is -0.476. The molecule has 1 saturated carbocycles. The monoisotopic (exact) mass is 355 g/mol. The second-order valence-corrected chi connectivity index (χ2v) is 7.77. The van der Waals surface area contributed by atoms with E-state index in [-0.39, 0.29) is 24.3 Å². The number of benzene rings is 1. The van der Waals surface area contributed by atoms with Crippen LogP contribution in [0.25, 0.3) is 0 Å². The highest BCUT2D eigenvalue weighted by Crippen LogP contribution is 2.38. The van der Waals surface area contributed by atoms with Gasteiger partial charge in [-0.15, -0.1) is 11.3 Å². The lowest BCUT2D eigenvalue weighted by Gasteiger charge is -2.24. The van der Waals surface area contributed by atoms with Crippen molar-refractivity contribution in [2.75, 3.05) is 0 Å². The second-order valence-electron chi connectivity index (χ2n) is 6.79. The van der Waals surface area contributed by atoms with E-state index in [1.54, 1.807) is 17.4 Å². The van der Waals surface area contributed by atoms with Gasteiger partial charge in [-0.2, -0.15) is 0 Å². The number of carbonyl (C=O) groups is 2. The molecule has 1 aromatic heterocycles. The molecule has 1 fully saturated rings. The standard InChI is InChI=1S/C20H21NO3S/c22-18(12-16-14-8-3-4-9-15(14)20(23)24-16)21-19(13-6-1-2-7-13)17-10-5-11-25-17/h3-5,8-11,13,16,19H,1-2,6-7,12H2,(H,21,22)/t16-,19+/m0/s1. The number of fused-ring (bicyclic) bond motifs is 1. The van der Waals surface area contributed by atoms with Crippen LogP contribution in [0.15, 0.2) is 41.8 Å². The number of carbonyl (C=O) groups excluding carboxylic acids is 2. The molecule has 4 nitrogen and oxygen atoms in total. The summed E-state index contributed by atoms with van der Waals surface area (Å²) in [6.45, 7) is 0. The molecule has 2 heterocycles. The van der Waals surface area contributed by atoms with Crippen LogP contribution in [0.2, 0.25) is 0 Å². The maximum Gasteiger partial charge on any atom is 0.339 e. The van der Waals surface area contributed by atoms with Crippen LogP contribution in [0, 0.1) is 5.92 Å². The SMILES string of the molecule is O=C(C[C@@H]1OC(=O)c2ccccc21)N[C@@H](c1cccs1)C1CCCC1. The van der Waals surface area contributed by atoms with Crippen LogP contribution in [0.3, 0.4) is 0 Å². The van der Waals surface area contributed by atoms with Crippen LogP contribution in [0.5, 0.6) is 0 Å². The summed E-state index contributed by atoms with van der Waals surface area (Å²) in [5, 5.41) is 5.27. The fraction of sp³-hybridized carbons (Fsp3) is 0.400. The molecule has 2 aliphatic rings. The zero-order valence-corrected chi connectivity index (χ0v) is 14.8. The molecular weight excluding hydrogens is 334 g/mol. The average Bonchev–Trinajstić information content (AvgIpc) is 3.36.